The molecule has 1 rings (SSSR count). The Bertz CT molecular complexity index is 273. The summed E-state index contributed by atoms with van der Waals surface area (Å²) in [6.45, 7) is 3.23. The Morgan fingerprint density at radius 1 is 1.82 bits per heavy atom. The highest BCUT2D eigenvalue weighted by atomic mass is 16.1. The van der Waals surface area contributed by atoms with E-state index in [9.17, 15) is 4.79 Å². The molecule has 11 heavy (non-hydrogen) atoms. The molecule has 1 heterocycles. The smallest absolute Gasteiger partial charge is 0.235 e. The lowest BCUT2D eigenvalue weighted by atomic mass is 10.4. The van der Waals surface area contributed by atoms with Crippen LogP contribution in [0.25, 0.3) is 0 Å². The zero-order valence-corrected chi connectivity index (χ0v) is 6.32. The van der Waals surface area contributed by atoms with Crippen LogP contribution in [0.2, 0.25) is 0 Å². The van der Waals surface area contributed by atoms with Crippen LogP contribution in [0.5, 0.6) is 0 Å². The molecule has 0 aliphatic rings. The van der Waals surface area contributed by atoms with Gasteiger partial charge in [-0.1, -0.05) is 0 Å². The second-order valence-electron chi connectivity index (χ2n) is 2.08. The van der Waals surface area contributed by atoms with Crippen LogP contribution in [-0.2, 0) is 17.9 Å². The molecule has 0 aromatic carbocycles. The van der Waals surface area contributed by atoms with E-state index in [2.05, 4.69) is 9.98 Å². The number of nitrogens with zero attached hydrogens (tertiary/aromatic N) is 3. The first-order valence-electron chi connectivity index (χ1n) is 3.41. The molecular weight excluding hydrogens is 142 g/mol. The fourth-order valence-electron chi connectivity index (χ4n) is 0.878. The maximum atomic E-state index is 9.78. The maximum Gasteiger partial charge on any atom is 0.235 e. The van der Waals surface area contributed by atoms with Crippen LogP contribution in [0.15, 0.2) is 17.5 Å². The first-order chi connectivity index (χ1) is 5.38. The molecule has 0 aliphatic carbocycles. The number of aromatic nitrogens is 2. The van der Waals surface area contributed by atoms with E-state index in [1.807, 2.05) is 11.5 Å². The molecule has 58 valence electrons. The Labute approximate surface area is 64.6 Å². The molecule has 0 atom stereocenters. The predicted molar refractivity (Wildman–Crippen MR) is 39.7 cm³/mol. The van der Waals surface area contributed by atoms with Crippen LogP contribution in [0.4, 0.5) is 0 Å². The highest BCUT2D eigenvalue weighted by Gasteiger charge is 1.96. The molecule has 0 amide bonds. The zero-order valence-electron chi connectivity index (χ0n) is 6.32. The van der Waals surface area contributed by atoms with Crippen molar-refractivity contribution in [3.63, 3.8) is 0 Å². The van der Waals surface area contributed by atoms with Crippen molar-refractivity contribution >= 4 is 6.08 Å². The van der Waals surface area contributed by atoms with Crippen molar-refractivity contribution in [2.75, 3.05) is 0 Å². The van der Waals surface area contributed by atoms with Crippen molar-refractivity contribution in [2.24, 2.45) is 4.99 Å². The second kappa shape index (κ2) is 3.68. The van der Waals surface area contributed by atoms with Crippen LogP contribution in [0.3, 0.4) is 0 Å². The Balaban J connectivity index is 2.75. The zero-order chi connectivity index (χ0) is 8.10. The van der Waals surface area contributed by atoms with E-state index in [-0.39, 0.29) is 0 Å². The van der Waals surface area contributed by atoms with Gasteiger partial charge in [0.05, 0.1) is 24.8 Å². The highest BCUT2D eigenvalue weighted by molar-refractivity contribution is 5.33. The van der Waals surface area contributed by atoms with E-state index in [4.69, 9.17) is 0 Å². The number of carbonyl (C=O) groups excluding carboxylic acids is 1. The average molecular weight is 151 g/mol. The van der Waals surface area contributed by atoms with E-state index < -0.39 is 0 Å². The summed E-state index contributed by atoms with van der Waals surface area (Å²) >= 11 is 0. The number of aliphatic imine (C=N–C) groups is 1. The Morgan fingerprint density at radius 3 is 3.27 bits per heavy atom. The van der Waals surface area contributed by atoms with Crippen LogP contribution in [0.1, 0.15) is 12.6 Å². The van der Waals surface area contributed by atoms with Gasteiger partial charge >= 0.3 is 0 Å². The van der Waals surface area contributed by atoms with Crippen LogP contribution >= 0.6 is 0 Å². The van der Waals surface area contributed by atoms with Gasteiger partial charge in [0.2, 0.25) is 6.08 Å². The number of imidazole rings is 1. The SMILES string of the molecule is CCn1cncc1CN=C=O. The average Bonchev–Trinajstić information content (AvgIpc) is 2.47. The lowest BCUT2D eigenvalue weighted by Crippen LogP contribution is -1.97. The first kappa shape index (κ1) is 7.69. The van der Waals surface area contributed by atoms with E-state index in [1.165, 1.54) is 6.08 Å². The molecule has 0 aliphatic heterocycles. The summed E-state index contributed by atoms with van der Waals surface area (Å²) in [5, 5.41) is 0. The number of rotatable bonds is 3. The van der Waals surface area contributed by atoms with Gasteiger partial charge in [-0.2, -0.15) is 4.99 Å². The number of aryl methyl sites for hydroxylation is 1. The Morgan fingerprint density at radius 2 is 2.64 bits per heavy atom. The van der Waals surface area contributed by atoms with Gasteiger partial charge in [-0.25, -0.2) is 9.78 Å². The molecule has 0 fully saturated rings. The number of isocyanates is 1. The van der Waals surface area contributed by atoms with Crippen LogP contribution in [0, 0.1) is 0 Å². The maximum absolute atomic E-state index is 9.78. The summed E-state index contributed by atoms with van der Waals surface area (Å²) in [5.74, 6) is 0. The fraction of sp³-hybridized carbons (Fsp3) is 0.429. The molecule has 0 saturated carbocycles. The third kappa shape index (κ3) is 1.75. The highest BCUT2D eigenvalue weighted by Crippen LogP contribution is 1.99. The van der Waals surface area contributed by atoms with Gasteiger partial charge in [-0.3, -0.25) is 0 Å². The summed E-state index contributed by atoms with van der Waals surface area (Å²) in [5.41, 5.74) is 0.941. The monoisotopic (exact) mass is 151 g/mol. The van der Waals surface area contributed by atoms with Gasteiger partial charge in [0.25, 0.3) is 0 Å². The third-order valence-electron chi connectivity index (χ3n) is 1.44. The topological polar surface area (TPSA) is 47.2 Å². The minimum Gasteiger partial charge on any atom is -0.333 e. The lowest BCUT2D eigenvalue weighted by Gasteiger charge is -1.98. The van der Waals surface area contributed by atoms with E-state index >= 15 is 0 Å². The minimum atomic E-state index is 0.372. The van der Waals surface area contributed by atoms with E-state index in [1.54, 1.807) is 12.5 Å². The number of hydrogen-bond acceptors (Lipinski definition) is 3. The van der Waals surface area contributed by atoms with Gasteiger partial charge in [0, 0.05) is 6.54 Å². The minimum absolute atomic E-state index is 0.372. The van der Waals surface area contributed by atoms with Gasteiger partial charge in [0.1, 0.15) is 0 Å². The molecular formula is C7H9N3O. The summed E-state index contributed by atoms with van der Waals surface area (Å²) in [6.07, 6.45) is 4.91. The molecule has 0 unspecified atom stereocenters. The summed E-state index contributed by atoms with van der Waals surface area (Å²) < 4.78 is 1.93. The molecule has 0 N–H and O–H groups in total. The van der Waals surface area contributed by atoms with Crippen molar-refractivity contribution in [3.8, 4) is 0 Å². The fourth-order valence-corrected chi connectivity index (χ4v) is 0.878. The third-order valence-corrected chi connectivity index (χ3v) is 1.44. The summed E-state index contributed by atoms with van der Waals surface area (Å²) in [7, 11) is 0. The van der Waals surface area contributed by atoms with Crippen molar-refractivity contribution in [3.05, 3.63) is 18.2 Å². The molecule has 0 radical (unpaired) electrons. The molecule has 1 aromatic heterocycles. The molecule has 0 bridgehead atoms. The van der Waals surface area contributed by atoms with Crippen molar-refractivity contribution < 1.29 is 4.79 Å². The first-order valence-corrected chi connectivity index (χ1v) is 3.41. The van der Waals surface area contributed by atoms with Gasteiger partial charge in [-0.15, -0.1) is 0 Å². The normalized spacial score (nSPS) is 9.18. The van der Waals surface area contributed by atoms with Crippen molar-refractivity contribution in [1.82, 2.24) is 9.55 Å². The van der Waals surface area contributed by atoms with Gasteiger partial charge in [-0.05, 0) is 6.92 Å². The summed E-state index contributed by atoms with van der Waals surface area (Å²) in [4.78, 5) is 17.2. The Hall–Kier alpha value is -1.41. The van der Waals surface area contributed by atoms with E-state index in [0.717, 1.165) is 12.2 Å². The number of hydrogen-bond donors (Lipinski definition) is 0. The quantitative estimate of drug-likeness (QED) is 0.472. The predicted octanol–water partition coefficient (Wildman–Crippen LogP) is 0.739. The standard InChI is InChI=1S/C7H9N3O/c1-2-10-5-8-3-7(10)4-9-6-11/h3,5H,2,4H2,1H3. The van der Waals surface area contributed by atoms with Crippen LogP contribution in [-0.4, -0.2) is 15.6 Å². The van der Waals surface area contributed by atoms with Crippen molar-refractivity contribution in [1.29, 1.82) is 0 Å². The Kier molecular flexibility index (Phi) is 2.58. The summed E-state index contributed by atoms with van der Waals surface area (Å²) in [6, 6.07) is 0. The largest absolute Gasteiger partial charge is 0.333 e. The van der Waals surface area contributed by atoms with Crippen molar-refractivity contribution in [2.45, 2.75) is 20.0 Å². The van der Waals surface area contributed by atoms with Gasteiger partial charge < -0.3 is 4.57 Å². The molecule has 4 heteroatoms. The van der Waals surface area contributed by atoms with Gasteiger partial charge in [0.15, 0.2) is 0 Å². The molecule has 0 saturated heterocycles. The molecule has 4 nitrogen and oxygen atoms in total. The second-order valence-corrected chi connectivity index (χ2v) is 2.08. The lowest BCUT2D eigenvalue weighted by molar-refractivity contribution is 0.562. The molecule has 1 aromatic rings. The van der Waals surface area contributed by atoms with E-state index in [0.29, 0.717) is 6.54 Å². The molecule has 0 spiro atoms. The van der Waals surface area contributed by atoms with Crippen LogP contribution < -0.4 is 0 Å².